The van der Waals surface area contributed by atoms with Gasteiger partial charge in [-0.1, -0.05) is 30.3 Å². The van der Waals surface area contributed by atoms with Crippen LogP contribution < -0.4 is 0 Å². The van der Waals surface area contributed by atoms with Gasteiger partial charge in [0.05, 0.1) is 0 Å². The highest BCUT2D eigenvalue weighted by Crippen LogP contribution is 2.21. The van der Waals surface area contributed by atoms with E-state index in [1.54, 1.807) is 0 Å². The van der Waals surface area contributed by atoms with Gasteiger partial charge in [0.1, 0.15) is 0 Å². The Morgan fingerprint density at radius 1 is 0.905 bits per heavy atom. The molecule has 0 atom stereocenters. The number of hydrogen-bond donors (Lipinski definition) is 0. The van der Waals surface area contributed by atoms with Crippen molar-refractivity contribution in [3.63, 3.8) is 0 Å². The van der Waals surface area contributed by atoms with Crippen molar-refractivity contribution >= 4 is 20.6 Å². The summed E-state index contributed by atoms with van der Waals surface area (Å²) in [6, 6.07) is 11.5. The van der Waals surface area contributed by atoms with E-state index in [4.69, 9.17) is 13.3 Å². The van der Waals surface area contributed by atoms with Crippen LogP contribution in [0, 0.1) is 0 Å². The van der Waals surface area contributed by atoms with Crippen LogP contribution >= 0.6 is 11.8 Å². The molecule has 0 heterocycles. The molecule has 0 N–H and O–H groups in total. The molecular weight excluding hydrogens is 300 g/mol. The fourth-order valence-corrected chi connectivity index (χ4v) is 5.95. The number of benzene rings is 1. The molecule has 0 spiro atoms. The molecule has 0 aromatic heterocycles. The molecule has 5 heteroatoms. The molecule has 0 radical (unpaired) electrons. The minimum absolute atomic E-state index is 0.656. The summed E-state index contributed by atoms with van der Waals surface area (Å²) in [5.74, 6) is 2.17. The first-order valence-electron chi connectivity index (χ1n) is 7.79. The van der Waals surface area contributed by atoms with Crippen LogP contribution in [0.3, 0.4) is 0 Å². The molecule has 0 aliphatic carbocycles. The maximum atomic E-state index is 5.86. The largest absolute Gasteiger partial charge is 0.500 e. The SMILES string of the molecule is CCO[Si](CCCSCc1ccccc1)(OCC)OCC. The van der Waals surface area contributed by atoms with Crippen LogP contribution in [-0.4, -0.2) is 34.4 Å². The third-order valence-corrected chi connectivity index (χ3v) is 7.24. The number of rotatable bonds is 12. The average molecular weight is 329 g/mol. The van der Waals surface area contributed by atoms with E-state index in [-0.39, 0.29) is 0 Å². The lowest BCUT2D eigenvalue weighted by molar-refractivity contribution is 0.0712. The lowest BCUT2D eigenvalue weighted by atomic mass is 10.2. The van der Waals surface area contributed by atoms with E-state index in [0.29, 0.717) is 19.8 Å². The van der Waals surface area contributed by atoms with Crippen LogP contribution in [0.15, 0.2) is 30.3 Å². The standard InChI is InChI=1S/C16H28O3SSi/c1-4-17-21(18-5-2,19-6-3)14-10-13-20-15-16-11-8-7-9-12-16/h7-9,11-12H,4-6,10,13-15H2,1-3H3. The molecule has 3 nitrogen and oxygen atoms in total. The van der Waals surface area contributed by atoms with Crippen molar-refractivity contribution < 1.29 is 13.3 Å². The van der Waals surface area contributed by atoms with Crippen molar-refractivity contribution in [2.24, 2.45) is 0 Å². The summed E-state index contributed by atoms with van der Waals surface area (Å²) >= 11 is 1.96. The van der Waals surface area contributed by atoms with Crippen LogP contribution in [0.1, 0.15) is 32.8 Å². The lowest BCUT2D eigenvalue weighted by Crippen LogP contribution is -2.46. The van der Waals surface area contributed by atoms with Crippen molar-refractivity contribution in [3.05, 3.63) is 35.9 Å². The molecule has 1 rings (SSSR count). The normalized spacial score (nSPS) is 11.8. The van der Waals surface area contributed by atoms with Crippen molar-refractivity contribution in [1.82, 2.24) is 0 Å². The maximum Gasteiger partial charge on any atom is 0.500 e. The molecule has 0 saturated heterocycles. The van der Waals surface area contributed by atoms with E-state index in [1.807, 2.05) is 32.5 Å². The smallest absolute Gasteiger partial charge is 0.374 e. The summed E-state index contributed by atoms with van der Waals surface area (Å²) in [4.78, 5) is 0. The second kappa shape index (κ2) is 11.3. The third kappa shape index (κ3) is 7.47. The molecule has 0 amide bonds. The maximum absolute atomic E-state index is 5.86. The zero-order chi connectivity index (χ0) is 15.4. The third-order valence-electron chi connectivity index (χ3n) is 2.98. The average Bonchev–Trinajstić information content (AvgIpc) is 2.49. The predicted molar refractivity (Wildman–Crippen MR) is 92.7 cm³/mol. The summed E-state index contributed by atoms with van der Waals surface area (Å²) in [6.07, 6.45) is 1.07. The highest BCUT2D eigenvalue weighted by molar-refractivity contribution is 7.98. The summed E-state index contributed by atoms with van der Waals surface area (Å²) in [6.45, 7) is 7.98. The van der Waals surface area contributed by atoms with Gasteiger partial charge in [-0.05, 0) is 38.5 Å². The van der Waals surface area contributed by atoms with Crippen LogP contribution in [0.4, 0.5) is 0 Å². The Balaban J connectivity index is 2.31. The van der Waals surface area contributed by atoms with Crippen LogP contribution in [0.2, 0.25) is 6.04 Å². The van der Waals surface area contributed by atoms with Gasteiger partial charge in [-0.15, -0.1) is 0 Å². The molecule has 1 aromatic rings. The predicted octanol–water partition coefficient (Wildman–Crippen LogP) is 4.36. The molecular formula is C16H28O3SSi. The van der Waals surface area contributed by atoms with Crippen molar-refractivity contribution in [3.8, 4) is 0 Å². The van der Waals surface area contributed by atoms with Crippen LogP contribution in [0.5, 0.6) is 0 Å². The van der Waals surface area contributed by atoms with Gasteiger partial charge >= 0.3 is 8.80 Å². The van der Waals surface area contributed by atoms with E-state index in [1.165, 1.54) is 5.56 Å². The molecule has 1 aromatic carbocycles. The Morgan fingerprint density at radius 3 is 2.00 bits per heavy atom. The van der Waals surface area contributed by atoms with Crippen LogP contribution in [0.25, 0.3) is 0 Å². The Morgan fingerprint density at radius 2 is 1.48 bits per heavy atom. The quantitative estimate of drug-likeness (QED) is 0.421. The zero-order valence-electron chi connectivity index (χ0n) is 13.5. The van der Waals surface area contributed by atoms with Gasteiger partial charge < -0.3 is 13.3 Å². The number of hydrogen-bond acceptors (Lipinski definition) is 4. The van der Waals surface area contributed by atoms with E-state index in [0.717, 1.165) is 24.0 Å². The van der Waals surface area contributed by atoms with Gasteiger partial charge in [0, 0.05) is 31.6 Å². The fourth-order valence-electron chi connectivity index (χ4n) is 2.16. The summed E-state index contributed by atoms with van der Waals surface area (Å²) in [5, 5.41) is 0. The van der Waals surface area contributed by atoms with E-state index >= 15 is 0 Å². The summed E-state index contributed by atoms with van der Waals surface area (Å²) < 4.78 is 17.6. The van der Waals surface area contributed by atoms with E-state index in [2.05, 4.69) is 30.3 Å². The Kier molecular flexibility index (Phi) is 10.0. The second-order valence-electron chi connectivity index (χ2n) is 4.62. The zero-order valence-corrected chi connectivity index (χ0v) is 15.3. The molecule has 0 aliphatic rings. The second-order valence-corrected chi connectivity index (χ2v) is 8.46. The molecule has 0 fully saturated rings. The minimum Gasteiger partial charge on any atom is -0.374 e. The first-order chi connectivity index (χ1) is 10.3. The molecule has 0 bridgehead atoms. The fraction of sp³-hybridized carbons (Fsp3) is 0.625. The summed E-state index contributed by atoms with van der Waals surface area (Å²) in [7, 11) is -2.44. The first kappa shape index (κ1) is 18.7. The van der Waals surface area contributed by atoms with Crippen molar-refractivity contribution in [2.45, 2.75) is 39.0 Å². The van der Waals surface area contributed by atoms with E-state index < -0.39 is 8.80 Å². The van der Waals surface area contributed by atoms with Gasteiger partial charge in [-0.25, -0.2) is 0 Å². The minimum atomic E-state index is -2.44. The topological polar surface area (TPSA) is 27.7 Å². The van der Waals surface area contributed by atoms with Gasteiger partial charge in [0.15, 0.2) is 0 Å². The molecule has 120 valence electrons. The molecule has 0 saturated carbocycles. The monoisotopic (exact) mass is 328 g/mol. The van der Waals surface area contributed by atoms with Crippen LogP contribution in [-0.2, 0) is 19.0 Å². The lowest BCUT2D eigenvalue weighted by Gasteiger charge is -2.28. The van der Waals surface area contributed by atoms with Gasteiger partial charge in [-0.3, -0.25) is 0 Å². The summed E-state index contributed by atoms with van der Waals surface area (Å²) in [5.41, 5.74) is 1.38. The number of thioether (sulfide) groups is 1. The highest BCUT2D eigenvalue weighted by Gasteiger charge is 2.39. The Bertz CT molecular complexity index is 345. The van der Waals surface area contributed by atoms with Gasteiger partial charge in [0.2, 0.25) is 0 Å². The Labute approximate surface area is 134 Å². The van der Waals surface area contributed by atoms with Gasteiger partial charge in [-0.2, -0.15) is 11.8 Å². The Hall–Kier alpha value is -0.333. The molecule has 0 unspecified atom stereocenters. The van der Waals surface area contributed by atoms with Gasteiger partial charge in [0.25, 0.3) is 0 Å². The van der Waals surface area contributed by atoms with E-state index in [9.17, 15) is 0 Å². The van der Waals surface area contributed by atoms with Crippen molar-refractivity contribution in [1.29, 1.82) is 0 Å². The van der Waals surface area contributed by atoms with Crippen molar-refractivity contribution in [2.75, 3.05) is 25.6 Å². The first-order valence-corrected chi connectivity index (χ1v) is 10.9. The molecule has 0 aliphatic heterocycles. The molecule has 21 heavy (non-hydrogen) atoms. The highest BCUT2D eigenvalue weighted by atomic mass is 32.2.